The standard InChI is InChI=1S/C19H29N5O4/c1-11(7-12-5-3-2-4-6-12)23-17-14-18(21-9-20-17)24(10-22-14)19-16(27)15(26)13(8-25)28-19/h9-13,15-16,19,25-27H,2-8H2,1H3,(H,20,21,23)/t11?,13-,15-,16-,19?/m1/s1. The highest BCUT2D eigenvalue weighted by molar-refractivity contribution is 5.82. The highest BCUT2D eigenvalue weighted by atomic mass is 16.6. The Kier molecular flexibility index (Phi) is 5.77. The van der Waals surface area contributed by atoms with Gasteiger partial charge in [-0.15, -0.1) is 0 Å². The number of aliphatic hydroxyl groups excluding tert-OH is 3. The largest absolute Gasteiger partial charge is 0.394 e. The number of aliphatic hydroxyl groups is 3. The molecule has 1 aliphatic carbocycles. The maximum atomic E-state index is 10.3. The molecule has 2 aliphatic rings. The molecule has 9 nitrogen and oxygen atoms in total. The van der Waals surface area contributed by atoms with Gasteiger partial charge in [-0.25, -0.2) is 15.0 Å². The molecule has 2 aromatic rings. The molecule has 5 atom stereocenters. The number of ether oxygens (including phenoxy) is 1. The summed E-state index contributed by atoms with van der Waals surface area (Å²) in [7, 11) is 0. The van der Waals surface area contributed by atoms with Crippen LogP contribution in [0.15, 0.2) is 12.7 Å². The van der Waals surface area contributed by atoms with Crippen molar-refractivity contribution in [1.29, 1.82) is 0 Å². The molecule has 4 rings (SSSR count). The van der Waals surface area contributed by atoms with Gasteiger partial charge in [-0.1, -0.05) is 32.1 Å². The second-order valence-corrected chi connectivity index (χ2v) is 8.06. The molecule has 154 valence electrons. The highest BCUT2D eigenvalue weighted by Crippen LogP contribution is 2.33. The highest BCUT2D eigenvalue weighted by Gasteiger charge is 2.44. The van der Waals surface area contributed by atoms with Gasteiger partial charge in [-0.2, -0.15) is 0 Å². The Morgan fingerprint density at radius 2 is 1.96 bits per heavy atom. The van der Waals surface area contributed by atoms with Crippen LogP contribution in [0.4, 0.5) is 5.82 Å². The molecular weight excluding hydrogens is 362 g/mol. The second kappa shape index (κ2) is 8.28. The van der Waals surface area contributed by atoms with Crippen molar-refractivity contribution in [2.75, 3.05) is 11.9 Å². The van der Waals surface area contributed by atoms with Gasteiger partial charge in [-0.3, -0.25) is 4.57 Å². The maximum absolute atomic E-state index is 10.3. The van der Waals surface area contributed by atoms with Crippen molar-refractivity contribution in [1.82, 2.24) is 19.5 Å². The predicted molar refractivity (Wildman–Crippen MR) is 103 cm³/mol. The molecule has 2 aromatic heterocycles. The maximum Gasteiger partial charge on any atom is 0.167 e. The lowest BCUT2D eigenvalue weighted by Gasteiger charge is -2.25. The van der Waals surface area contributed by atoms with Crippen molar-refractivity contribution >= 4 is 17.0 Å². The summed E-state index contributed by atoms with van der Waals surface area (Å²) in [5, 5.41) is 33.1. The first-order chi connectivity index (χ1) is 13.6. The number of hydrogen-bond acceptors (Lipinski definition) is 8. The van der Waals surface area contributed by atoms with Crippen molar-refractivity contribution in [3.63, 3.8) is 0 Å². The Morgan fingerprint density at radius 1 is 1.18 bits per heavy atom. The van der Waals surface area contributed by atoms with Crippen LogP contribution in [0.2, 0.25) is 0 Å². The zero-order valence-corrected chi connectivity index (χ0v) is 16.1. The number of anilines is 1. The topological polar surface area (TPSA) is 126 Å². The number of nitrogens with one attached hydrogen (secondary N) is 1. The van der Waals surface area contributed by atoms with E-state index in [1.807, 2.05) is 0 Å². The molecule has 1 saturated carbocycles. The van der Waals surface area contributed by atoms with Crippen molar-refractivity contribution in [2.45, 2.75) is 76.0 Å². The van der Waals surface area contributed by atoms with Crippen LogP contribution in [0.5, 0.6) is 0 Å². The molecule has 0 bridgehead atoms. The van der Waals surface area contributed by atoms with Crippen LogP contribution in [-0.4, -0.2) is 65.8 Å². The monoisotopic (exact) mass is 391 g/mol. The van der Waals surface area contributed by atoms with E-state index in [0.717, 1.165) is 12.3 Å². The van der Waals surface area contributed by atoms with Gasteiger partial charge >= 0.3 is 0 Å². The van der Waals surface area contributed by atoms with Gasteiger partial charge in [0.15, 0.2) is 23.2 Å². The minimum absolute atomic E-state index is 0.264. The van der Waals surface area contributed by atoms with Crippen LogP contribution in [0.3, 0.4) is 0 Å². The van der Waals surface area contributed by atoms with Crippen LogP contribution >= 0.6 is 0 Å². The van der Waals surface area contributed by atoms with Gasteiger partial charge < -0.3 is 25.4 Å². The third-order valence-electron chi connectivity index (χ3n) is 5.94. The van der Waals surface area contributed by atoms with Crippen molar-refractivity contribution < 1.29 is 20.1 Å². The summed E-state index contributed by atoms with van der Waals surface area (Å²) in [6, 6.07) is 0.264. The molecule has 28 heavy (non-hydrogen) atoms. The first kappa shape index (κ1) is 19.5. The van der Waals surface area contributed by atoms with Gasteiger partial charge in [-0.05, 0) is 19.3 Å². The van der Waals surface area contributed by atoms with Crippen LogP contribution in [0, 0.1) is 5.92 Å². The molecule has 2 fully saturated rings. The quantitative estimate of drug-likeness (QED) is 0.579. The lowest BCUT2D eigenvalue weighted by atomic mass is 9.85. The van der Waals surface area contributed by atoms with E-state index in [2.05, 4.69) is 27.2 Å². The lowest BCUT2D eigenvalue weighted by molar-refractivity contribution is -0.0511. The molecule has 0 radical (unpaired) electrons. The third-order valence-corrected chi connectivity index (χ3v) is 5.94. The lowest BCUT2D eigenvalue weighted by Crippen LogP contribution is -2.33. The summed E-state index contributed by atoms with van der Waals surface area (Å²) < 4.78 is 7.18. The molecule has 0 amide bonds. The van der Waals surface area contributed by atoms with Crippen LogP contribution in [-0.2, 0) is 4.74 Å². The van der Waals surface area contributed by atoms with Crippen LogP contribution in [0.1, 0.15) is 51.7 Å². The summed E-state index contributed by atoms with van der Waals surface area (Å²) >= 11 is 0. The fourth-order valence-corrected chi connectivity index (χ4v) is 4.47. The molecule has 3 heterocycles. The Bertz CT molecular complexity index is 794. The van der Waals surface area contributed by atoms with Crippen LogP contribution in [0.25, 0.3) is 11.2 Å². The number of hydrogen-bond donors (Lipinski definition) is 4. The van der Waals surface area contributed by atoms with Crippen molar-refractivity contribution in [3.05, 3.63) is 12.7 Å². The average Bonchev–Trinajstić information content (AvgIpc) is 3.25. The molecule has 9 heteroatoms. The van der Waals surface area contributed by atoms with E-state index in [1.165, 1.54) is 44.8 Å². The van der Waals surface area contributed by atoms with Gasteiger partial charge in [0.2, 0.25) is 0 Å². The van der Waals surface area contributed by atoms with E-state index in [4.69, 9.17) is 4.74 Å². The van der Waals surface area contributed by atoms with Gasteiger partial charge in [0.1, 0.15) is 24.6 Å². The van der Waals surface area contributed by atoms with E-state index >= 15 is 0 Å². The number of aromatic nitrogens is 4. The van der Waals surface area contributed by atoms with E-state index in [1.54, 1.807) is 4.57 Å². The van der Waals surface area contributed by atoms with Gasteiger partial charge in [0.05, 0.1) is 12.9 Å². The SMILES string of the molecule is CC(CC1CCCCC1)Nc1ncnc2c1ncn2C1O[C@H](CO)[C@@H](O)[C@H]1O. The van der Waals surface area contributed by atoms with E-state index < -0.39 is 24.5 Å². The molecular formula is C19H29N5O4. The van der Waals surface area contributed by atoms with Gasteiger partial charge in [0, 0.05) is 6.04 Å². The van der Waals surface area contributed by atoms with E-state index in [9.17, 15) is 15.3 Å². The smallest absolute Gasteiger partial charge is 0.167 e. The van der Waals surface area contributed by atoms with Crippen LogP contribution < -0.4 is 5.32 Å². The minimum atomic E-state index is -1.17. The summed E-state index contributed by atoms with van der Waals surface area (Å²) in [6.45, 7) is 1.79. The third kappa shape index (κ3) is 3.71. The van der Waals surface area contributed by atoms with Crippen molar-refractivity contribution in [3.8, 4) is 0 Å². The zero-order valence-electron chi connectivity index (χ0n) is 16.1. The van der Waals surface area contributed by atoms with E-state index in [0.29, 0.717) is 17.0 Å². The molecule has 1 aliphatic heterocycles. The summed E-state index contributed by atoms with van der Waals surface area (Å²) in [5.41, 5.74) is 1.10. The number of nitrogens with zero attached hydrogens (tertiary/aromatic N) is 4. The first-order valence-electron chi connectivity index (χ1n) is 10.1. The Balaban J connectivity index is 1.52. The van der Waals surface area contributed by atoms with E-state index in [-0.39, 0.29) is 12.6 Å². The number of imidazole rings is 1. The number of fused-ring (bicyclic) bond motifs is 1. The normalized spacial score (nSPS) is 30.0. The predicted octanol–water partition coefficient (Wildman–Crippen LogP) is 1.21. The molecule has 0 aromatic carbocycles. The second-order valence-electron chi connectivity index (χ2n) is 8.06. The summed E-state index contributed by atoms with van der Waals surface area (Å²) in [4.78, 5) is 13.1. The summed E-state index contributed by atoms with van der Waals surface area (Å²) in [5.74, 6) is 1.41. The Hall–Kier alpha value is -1.81. The minimum Gasteiger partial charge on any atom is -0.394 e. The first-order valence-corrected chi connectivity index (χ1v) is 10.1. The number of rotatable bonds is 6. The van der Waals surface area contributed by atoms with Gasteiger partial charge in [0.25, 0.3) is 0 Å². The fourth-order valence-electron chi connectivity index (χ4n) is 4.47. The Morgan fingerprint density at radius 3 is 2.68 bits per heavy atom. The molecule has 1 saturated heterocycles. The molecule has 0 spiro atoms. The fraction of sp³-hybridized carbons (Fsp3) is 0.737. The summed E-state index contributed by atoms with van der Waals surface area (Å²) in [6.07, 6.45) is 6.63. The van der Waals surface area contributed by atoms with Crippen molar-refractivity contribution in [2.24, 2.45) is 5.92 Å². The Labute approximate surface area is 163 Å². The average molecular weight is 391 g/mol. The zero-order chi connectivity index (χ0) is 19.7. The molecule has 4 N–H and O–H groups in total. The molecule has 2 unspecified atom stereocenters.